The molecule has 0 amide bonds. The quantitative estimate of drug-likeness (QED) is 0.600. The van der Waals surface area contributed by atoms with Crippen molar-refractivity contribution in [3.05, 3.63) is 12.2 Å². The van der Waals surface area contributed by atoms with Gasteiger partial charge in [-0.15, -0.1) is 5.10 Å². The Balaban J connectivity index is 2.93. The number of nitrogens with two attached hydrogens (primary N) is 1. The third kappa shape index (κ3) is 1.80. The highest BCUT2D eigenvalue weighted by Gasteiger charge is 2.18. The molecule has 1 aromatic rings. The van der Waals surface area contributed by atoms with Gasteiger partial charge in [0.2, 0.25) is 0 Å². The lowest BCUT2D eigenvalue weighted by Gasteiger charge is -2.07. The summed E-state index contributed by atoms with van der Waals surface area (Å²) in [5.74, 6) is -1.17. The van der Waals surface area contributed by atoms with Crippen LogP contribution in [0, 0.1) is 11.3 Å². The van der Waals surface area contributed by atoms with E-state index in [1.54, 1.807) is 6.07 Å². The van der Waals surface area contributed by atoms with Crippen molar-refractivity contribution in [2.24, 2.45) is 5.73 Å². The summed E-state index contributed by atoms with van der Waals surface area (Å²) in [6, 6.07) is 0.725. The number of aliphatic carboxylic acids is 1. The number of nitriles is 1. The number of hydrogen-bond donors (Lipinski definition) is 2. The maximum atomic E-state index is 10.6. The van der Waals surface area contributed by atoms with Gasteiger partial charge in [-0.2, -0.15) is 5.26 Å². The summed E-state index contributed by atoms with van der Waals surface area (Å²) in [5.41, 5.74) is 5.20. The lowest BCUT2D eigenvalue weighted by Crippen LogP contribution is -2.27. The van der Waals surface area contributed by atoms with E-state index in [1.165, 1.54) is 6.33 Å². The lowest BCUT2D eigenvalue weighted by atomic mass is 10.3. The molecule has 68 valence electrons. The Hall–Kier alpha value is -1.94. The molecule has 0 aliphatic heterocycles. The van der Waals surface area contributed by atoms with Gasteiger partial charge in [0.25, 0.3) is 5.82 Å². The van der Waals surface area contributed by atoms with Crippen LogP contribution < -0.4 is 5.73 Å². The van der Waals surface area contributed by atoms with E-state index in [9.17, 15) is 4.79 Å². The predicted octanol–water partition coefficient (Wildman–Crippen LogP) is -1.27. The first-order valence-corrected chi connectivity index (χ1v) is 3.43. The van der Waals surface area contributed by atoms with Crippen LogP contribution in [0.3, 0.4) is 0 Å². The van der Waals surface area contributed by atoms with E-state index >= 15 is 0 Å². The average molecular weight is 181 g/mol. The van der Waals surface area contributed by atoms with Crippen LogP contribution in [-0.4, -0.2) is 32.4 Å². The standard InChI is InChI=1S/C6H7N5O2/c7-1-4(6(12)13)11-3-9-5(2-8)10-11/h3-4H,1,7H2,(H,12,13). The molecule has 7 nitrogen and oxygen atoms in total. The van der Waals surface area contributed by atoms with Crippen LogP contribution in [0.1, 0.15) is 11.9 Å². The first-order chi connectivity index (χ1) is 6.19. The van der Waals surface area contributed by atoms with Crippen LogP contribution in [0.15, 0.2) is 6.33 Å². The Morgan fingerprint density at radius 2 is 2.62 bits per heavy atom. The van der Waals surface area contributed by atoms with Gasteiger partial charge in [-0.1, -0.05) is 0 Å². The highest BCUT2D eigenvalue weighted by Crippen LogP contribution is 2.01. The fourth-order valence-electron chi connectivity index (χ4n) is 0.798. The van der Waals surface area contributed by atoms with Gasteiger partial charge >= 0.3 is 5.97 Å². The van der Waals surface area contributed by atoms with Crippen LogP contribution in [0.5, 0.6) is 0 Å². The fraction of sp³-hybridized carbons (Fsp3) is 0.333. The van der Waals surface area contributed by atoms with Crippen molar-refractivity contribution in [3.63, 3.8) is 0 Å². The van der Waals surface area contributed by atoms with Gasteiger partial charge in [-0.05, 0) is 0 Å². The Kier molecular flexibility index (Phi) is 2.56. The van der Waals surface area contributed by atoms with Gasteiger partial charge < -0.3 is 10.8 Å². The molecular formula is C6H7N5O2. The van der Waals surface area contributed by atoms with E-state index in [1.807, 2.05) is 0 Å². The van der Waals surface area contributed by atoms with E-state index in [0.717, 1.165) is 4.68 Å². The molecule has 0 aliphatic carbocycles. The van der Waals surface area contributed by atoms with Gasteiger partial charge in [-0.3, -0.25) is 0 Å². The molecule has 0 saturated carbocycles. The molecule has 0 radical (unpaired) electrons. The minimum atomic E-state index is -1.10. The highest BCUT2D eigenvalue weighted by molar-refractivity contribution is 5.71. The number of nitrogens with zero attached hydrogens (tertiary/aromatic N) is 4. The van der Waals surface area contributed by atoms with E-state index in [4.69, 9.17) is 16.1 Å². The number of rotatable bonds is 3. The molecule has 0 spiro atoms. The van der Waals surface area contributed by atoms with Gasteiger partial charge in [0.1, 0.15) is 12.4 Å². The van der Waals surface area contributed by atoms with Crippen molar-refractivity contribution in [3.8, 4) is 6.07 Å². The second-order valence-electron chi connectivity index (χ2n) is 2.25. The Morgan fingerprint density at radius 3 is 3.00 bits per heavy atom. The maximum absolute atomic E-state index is 10.6. The van der Waals surface area contributed by atoms with E-state index in [2.05, 4.69) is 10.1 Å². The number of carbonyl (C=O) groups is 1. The lowest BCUT2D eigenvalue weighted by molar-refractivity contribution is -0.140. The summed E-state index contributed by atoms with van der Waals surface area (Å²) in [5, 5.41) is 20.6. The molecule has 1 aromatic heterocycles. The zero-order valence-electron chi connectivity index (χ0n) is 6.58. The molecule has 1 rings (SSSR count). The molecule has 0 fully saturated rings. The van der Waals surface area contributed by atoms with E-state index in [0.29, 0.717) is 0 Å². The zero-order valence-corrected chi connectivity index (χ0v) is 6.58. The number of hydrogen-bond acceptors (Lipinski definition) is 5. The number of carboxylic acids is 1. The van der Waals surface area contributed by atoms with Gasteiger partial charge in [0.05, 0.1) is 0 Å². The van der Waals surface area contributed by atoms with Crippen LogP contribution in [0.4, 0.5) is 0 Å². The van der Waals surface area contributed by atoms with Crippen molar-refractivity contribution in [2.75, 3.05) is 6.54 Å². The van der Waals surface area contributed by atoms with Crippen LogP contribution in [0.25, 0.3) is 0 Å². The maximum Gasteiger partial charge on any atom is 0.329 e. The van der Waals surface area contributed by atoms with Crippen molar-refractivity contribution >= 4 is 5.97 Å². The second kappa shape index (κ2) is 3.64. The first kappa shape index (κ1) is 9.15. The topological polar surface area (TPSA) is 118 Å². The smallest absolute Gasteiger partial charge is 0.329 e. The van der Waals surface area contributed by atoms with Crippen LogP contribution in [-0.2, 0) is 4.79 Å². The minimum Gasteiger partial charge on any atom is -0.480 e. The second-order valence-corrected chi connectivity index (χ2v) is 2.25. The van der Waals surface area contributed by atoms with Crippen LogP contribution in [0.2, 0.25) is 0 Å². The Labute approximate surface area is 73.4 Å². The molecule has 0 bridgehead atoms. The molecule has 3 N–H and O–H groups in total. The Morgan fingerprint density at radius 1 is 1.92 bits per heavy atom. The molecule has 1 unspecified atom stereocenters. The van der Waals surface area contributed by atoms with Gasteiger partial charge in [0, 0.05) is 6.54 Å². The molecule has 0 saturated heterocycles. The zero-order chi connectivity index (χ0) is 9.84. The van der Waals surface area contributed by atoms with Gasteiger partial charge in [0.15, 0.2) is 6.04 Å². The molecule has 1 heterocycles. The first-order valence-electron chi connectivity index (χ1n) is 3.43. The summed E-state index contributed by atoms with van der Waals surface area (Å²) in [6.07, 6.45) is 1.17. The summed E-state index contributed by atoms with van der Waals surface area (Å²) in [6.45, 7) is -0.0937. The molecule has 1 atom stereocenters. The highest BCUT2D eigenvalue weighted by atomic mass is 16.4. The normalized spacial score (nSPS) is 12.0. The number of carboxylic acid groups (broad SMARTS) is 1. The van der Waals surface area contributed by atoms with Crippen LogP contribution >= 0.6 is 0 Å². The summed E-state index contributed by atoms with van der Waals surface area (Å²) >= 11 is 0. The molecule has 0 aliphatic rings. The molecule has 0 aromatic carbocycles. The summed E-state index contributed by atoms with van der Waals surface area (Å²) in [4.78, 5) is 14.1. The van der Waals surface area contributed by atoms with Crippen molar-refractivity contribution < 1.29 is 9.90 Å². The third-order valence-electron chi connectivity index (χ3n) is 1.44. The van der Waals surface area contributed by atoms with Crippen molar-refractivity contribution in [1.29, 1.82) is 5.26 Å². The largest absolute Gasteiger partial charge is 0.480 e. The SMILES string of the molecule is N#Cc1ncn(C(CN)C(=O)O)n1. The molecule has 13 heavy (non-hydrogen) atoms. The molecular weight excluding hydrogens is 174 g/mol. The molecule has 7 heteroatoms. The summed E-state index contributed by atoms with van der Waals surface area (Å²) < 4.78 is 1.06. The average Bonchev–Trinajstić information content (AvgIpc) is 2.53. The predicted molar refractivity (Wildman–Crippen MR) is 40.5 cm³/mol. The summed E-state index contributed by atoms with van der Waals surface area (Å²) in [7, 11) is 0. The Bertz CT molecular complexity index is 352. The monoisotopic (exact) mass is 181 g/mol. The third-order valence-corrected chi connectivity index (χ3v) is 1.44. The van der Waals surface area contributed by atoms with Crippen molar-refractivity contribution in [2.45, 2.75) is 6.04 Å². The van der Waals surface area contributed by atoms with E-state index < -0.39 is 12.0 Å². The van der Waals surface area contributed by atoms with Gasteiger partial charge in [-0.25, -0.2) is 14.5 Å². The number of aromatic nitrogens is 3. The van der Waals surface area contributed by atoms with Crippen molar-refractivity contribution in [1.82, 2.24) is 14.8 Å². The minimum absolute atomic E-state index is 0.0697. The van der Waals surface area contributed by atoms with E-state index in [-0.39, 0.29) is 12.4 Å². The fourth-order valence-corrected chi connectivity index (χ4v) is 0.798.